The topological polar surface area (TPSA) is 32.5 Å². The van der Waals surface area contributed by atoms with Gasteiger partial charge in [-0.25, -0.2) is 4.39 Å². The van der Waals surface area contributed by atoms with Crippen LogP contribution >= 0.6 is 0 Å². The Kier molecular flexibility index (Phi) is 4.06. The van der Waals surface area contributed by atoms with Gasteiger partial charge >= 0.3 is 0 Å². The molecule has 0 amide bonds. The molecule has 20 heavy (non-hydrogen) atoms. The van der Waals surface area contributed by atoms with Gasteiger partial charge in [0.25, 0.3) is 0 Å². The number of piperazine rings is 1. The SMILES string of the molecule is CC1CN2CCCC2CN1Cc1cc(CN)ccc1F. The van der Waals surface area contributed by atoms with E-state index in [-0.39, 0.29) is 5.82 Å². The number of nitrogens with two attached hydrogens (primary N) is 1. The van der Waals surface area contributed by atoms with Gasteiger partial charge in [0.2, 0.25) is 0 Å². The van der Waals surface area contributed by atoms with E-state index in [1.165, 1.54) is 19.4 Å². The second-order valence-electron chi connectivity index (χ2n) is 6.20. The number of fused-ring (bicyclic) bond motifs is 1. The lowest BCUT2D eigenvalue weighted by atomic mass is 10.0. The van der Waals surface area contributed by atoms with Gasteiger partial charge < -0.3 is 5.73 Å². The summed E-state index contributed by atoms with van der Waals surface area (Å²) in [6.45, 7) is 6.83. The molecular formula is C16H24FN3. The van der Waals surface area contributed by atoms with E-state index in [4.69, 9.17) is 5.73 Å². The second kappa shape index (κ2) is 5.80. The van der Waals surface area contributed by atoms with Gasteiger partial charge in [0.05, 0.1) is 0 Å². The lowest BCUT2D eigenvalue weighted by Crippen LogP contribution is -2.54. The first-order chi connectivity index (χ1) is 9.67. The Labute approximate surface area is 120 Å². The van der Waals surface area contributed by atoms with Crippen molar-refractivity contribution in [2.75, 3.05) is 19.6 Å². The molecule has 2 aliphatic heterocycles. The summed E-state index contributed by atoms with van der Waals surface area (Å²) in [5.41, 5.74) is 7.45. The largest absolute Gasteiger partial charge is 0.326 e. The summed E-state index contributed by atoms with van der Waals surface area (Å²) >= 11 is 0. The molecule has 1 aromatic carbocycles. The van der Waals surface area contributed by atoms with Crippen molar-refractivity contribution in [2.45, 2.75) is 44.9 Å². The molecule has 3 nitrogen and oxygen atoms in total. The van der Waals surface area contributed by atoms with Crippen LogP contribution in [0, 0.1) is 5.82 Å². The number of hydrogen-bond acceptors (Lipinski definition) is 3. The van der Waals surface area contributed by atoms with E-state index < -0.39 is 0 Å². The Morgan fingerprint density at radius 3 is 3.00 bits per heavy atom. The van der Waals surface area contributed by atoms with Gasteiger partial charge in [0, 0.05) is 43.8 Å². The zero-order valence-electron chi connectivity index (χ0n) is 12.2. The Morgan fingerprint density at radius 2 is 2.20 bits per heavy atom. The van der Waals surface area contributed by atoms with Crippen molar-refractivity contribution in [2.24, 2.45) is 5.73 Å². The average molecular weight is 277 g/mol. The molecule has 2 unspecified atom stereocenters. The molecule has 0 bridgehead atoms. The molecule has 4 heteroatoms. The van der Waals surface area contributed by atoms with E-state index in [9.17, 15) is 4.39 Å². The summed E-state index contributed by atoms with van der Waals surface area (Å²) in [5, 5.41) is 0. The van der Waals surface area contributed by atoms with Crippen molar-refractivity contribution < 1.29 is 4.39 Å². The molecule has 0 radical (unpaired) electrons. The highest BCUT2D eigenvalue weighted by molar-refractivity contribution is 5.25. The molecular weight excluding hydrogens is 253 g/mol. The molecule has 0 aliphatic carbocycles. The molecule has 2 aliphatic rings. The fraction of sp³-hybridized carbons (Fsp3) is 0.625. The number of hydrogen-bond donors (Lipinski definition) is 1. The molecule has 0 spiro atoms. The third kappa shape index (κ3) is 2.73. The summed E-state index contributed by atoms with van der Waals surface area (Å²) in [7, 11) is 0. The van der Waals surface area contributed by atoms with Gasteiger partial charge in [-0.05, 0) is 37.9 Å². The van der Waals surface area contributed by atoms with E-state index >= 15 is 0 Å². The summed E-state index contributed by atoms with van der Waals surface area (Å²) in [4.78, 5) is 5.01. The molecule has 2 heterocycles. The number of nitrogens with zero attached hydrogens (tertiary/aromatic N) is 2. The molecule has 2 fully saturated rings. The zero-order valence-corrected chi connectivity index (χ0v) is 12.2. The van der Waals surface area contributed by atoms with Crippen molar-refractivity contribution >= 4 is 0 Å². The van der Waals surface area contributed by atoms with Gasteiger partial charge in [-0.1, -0.05) is 12.1 Å². The molecule has 2 saturated heterocycles. The minimum Gasteiger partial charge on any atom is -0.326 e. The van der Waals surface area contributed by atoms with Crippen LogP contribution < -0.4 is 5.73 Å². The molecule has 2 atom stereocenters. The lowest BCUT2D eigenvalue weighted by Gasteiger charge is -2.42. The Morgan fingerprint density at radius 1 is 1.35 bits per heavy atom. The van der Waals surface area contributed by atoms with Crippen LogP contribution in [0.3, 0.4) is 0 Å². The maximum absolute atomic E-state index is 14.0. The predicted molar refractivity (Wildman–Crippen MR) is 78.8 cm³/mol. The van der Waals surface area contributed by atoms with Crippen molar-refractivity contribution in [3.63, 3.8) is 0 Å². The molecule has 3 rings (SSSR count). The Balaban J connectivity index is 1.73. The van der Waals surface area contributed by atoms with Gasteiger partial charge in [-0.3, -0.25) is 9.80 Å². The predicted octanol–water partition coefficient (Wildman–Crippen LogP) is 1.95. The van der Waals surface area contributed by atoms with Crippen LogP contribution in [0.1, 0.15) is 30.9 Å². The van der Waals surface area contributed by atoms with Gasteiger partial charge in [-0.15, -0.1) is 0 Å². The van der Waals surface area contributed by atoms with E-state index in [1.54, 1.807) is 12.1 Å². The van der Waals surface area contributed by atoms with Crippen LogP contribution in [-0.4, -0.2) is 41.5 Å². The number of rotatable bonds is 3. The standard InChI is InChI=1S/C16H24FN3/c1-12-9-19-6-2-3-15(19)11-20(12)10-14-7-13(8-18)4-5-16(14)17/h4-5,7,12,15H,2-3,6,8-11,18H2,1H3. The Hall–Kier alpha value is -0.970. The monoisotopic (exact) mass is 277 g/mol. The number of halogens is 1. The maximum atomic E-state index is 14.0. The zero-order chi connectivity index (χ0) is 14.1. The van der Waals surface area contributed by atoms with E-state index in [1.807, 2.05) is 6.07 Å². The highest BCUT2D eigenvalue weighted by Gasteiger charge is 2.34. The number of benzene rings is 1. The van der Waals surface area contributed by atoms with Gasteiger partial charge in [0.1, 0.15) is 5.82 Å². The lowest BCUT2D eigenvalue weighted by molar-refractivity contribution is 0.0533. The van der Waals surface area contributed by atoms with Crippen LogP contribution in [0.15, 0.2) is 18.2 Å². The first kappa shape index (κ1) is 14.0. The maximum Gasteiger partial charge on any atom is 0.127 e. The van der Waals surface area contributed by atoms with Crippen molar-refractivity contribution in [3.05, 3.63) is 35.1 Å². The summed E-state index contributed by atoms with van der Waals surface area (Å²) in [6, 6.07) is 6.41. The van der Waals surface area contributed by atoms with Crippen LogP contribution in [0.4, 0.5) is 4.39 Å². The highest BCUT2D eigenvalue weighted by atomic mass is 19.1. The van der Waals surface area contributed by atoms with Crippen molar-refractivity contribution in [3.8, 4) is 0 Å². The van der Waals surface area contributed by atoms with Gasteiger partial charge in [0.15, 0.2) is 0 Å². The van der Waals surface area contributed by atoms with Gasteiger partial charge in [-0.2, -0.15) is 0 Å². The van der Waals surface area contributed by atoms with Crippen LogP contribution in [0.2, 0.25) is 0 Å². The first-order valence-electron chi connectivity index (χ1n) is 7.63. The molecule has 2 N–H and O–H groups in total. The molecule has 1 aromatic rings. The van der Waals surface area contributed by atoms with Crippen LogP contribution in [-0.2, 0) is 13.1 Å². The first-order valence-corrected chi connectivity index (χ1v) is 7.63. The van der Waals surface area contributed by atoms with Crippen molar-refractivity contribution in [1.29, 1.82) is 0 Å². The summed E-state index contributed by atoms with van der Waals surface area (Å²) in [5.74, 6) is -0.108. The minimum atomic E-state index is -0.108. The summed E-state index contributed by atoms with van der Waals surface area (Å²) < 4.78 is 14.0. The molecule has 0 aromatic heterocycles. The van der Waals surface area contributed by atoms with Crippen LogP contribution in [0.5, 0.6) is 0 Å². The third-order valence-corrected chi connectivity index (χ3v) is 4.79. The minimum absolute atomic E-state index is 0.108. The fourth-order valence-electron chi connectivity index (χ4n) is 3.56. The third-order valence-electron chi connectivity index (χ3n) is 4.79. The molecule has 110 valence electrons. The fourth-order valence-corrected chi connectivity index (χ4v) is 3.56. The molecule has 0 saturated carbocycles. The smallest absolute Gasteiger partial charge is 0.127 e. The Bertz CT molecular complexity index is 477. The van der Waals surface area contributed by atoms with E-state index in [0.717, 1.165) is 24.2 Å². The van der Waals surface area contributed by atoms with Crippen molar-refractivity contribution in [1.82, 2.24) is 9.80 Å². The normalized spacial score (nSPS) is 27.8. The average Bonchev–Trinajstić information content (AvgIpc) is 2.88. The quantitative estimate of drug-likeness (QED) is 0.916. The van der Waals surface area contributed by atoms with E-state index in [2.05, 4.69) is 16.7 Å². The summed E-state index contributed by atoms with van der Waals surface area (Å²) in [6.07, 6.45) is 2.59. The van der Waals surface area contributed by atoms with E-state index in [0.29, 0.717) is 25.2 Å². The second-order valence-corrected chi connectivity index (χ2v) is 6.20. The highest BCUT2D eigenvalue weighted by Crippen LogP contribution is 2.26. The van der Waals surface area contributed by atoms with Crippen LogP contribution in [0.25, 0.3) is 0 Å².